The number of hydrogen-bond acceptors (Lipinski definition) is 3. The molecule has 0 aliphatic rings. The molecule has 1 aromatic rings. The molecule has 1 N–H and O–H groups in total. The van der Waals surface area contributed by atoms with Gasteiger partial charge in [-0.3, -0.25) is 4.79 Å². The summed E-state index contributed by atoms with van der Waals surface area (Å²) in [5.41, 5.74) is 1.40. The van der Waals surface area contributed by atoms with E-state index >= 15 is 0 Å². The van der Waals surface area contributed by atoms with Gasteiger partial charge in [-0.15, -0.1) is 0 Å². The molecule has 1 rings (SSSR count). The highest BCUT2D eigenvalue weighted by Crippen LogP contribution is 2.24. The van der Waals surface area contributed by atoms with Crippen molar-refractivity contribution in [1.29, 1.82) is 5.26 Å². The van der Waals surface area contributed by atoms with E-state index in [2.05, 4.69) is 0 Å². The van der Waals surface area contributed by atoms with Gasteiger partial charge in [0.25, 0.3) is 0 Å². The molecule has 1 aromatic carbocycles. The zero-order chi connectivity index (χ0) is 12.1. The molecule has 0 saturated carbocycles. The van der Waals surface area contributed by atoms with Gasteiger partial charge in [0.2, 0.25) is 0 Å². The van der Waals surface area contributed by atoms with Gasteiger partial charge < -0.3 is 9.84 Å². The van der Waals surface area contributed by atoms with Gasteiger partial charge in [0, 0.05) is 0 Å². The lowest BCUT2D eigenvalue weighted by atomic mass is 9.97. The Labute approximate surface area is 94.1 Å². The molecular weight excluding hydrogens is 206 g/mol. The number of carboxylic acid groups (broad SMARTS) is 1. The second kappa shape index (κ2) is 5.17. The lowest BCUT2D eigenvalue weighted by molar-refractivity contribution is -0.137. The Kier molecular flexibility index (Phi) is 3.90. The number of aryl methyl sites for hydroxylation is 1. The van der Waals surface area contributed by atoms with Crippen molar-refractivity contribution >= 4 is 5.97 Å². The summed E-state index contributed by atoms with van der Waals surface area (Å²) in [7, 11) is 1.56. The highest BCUT2D eigenvalue weighted by Gasteiger charge is 2.19. The van der Waals surface area contributed by atoms with E-state index in [4.69, 9.17) is 15.1 Å². The van der Waals surface area contributed by atoms with Crippen molar-refractivity contribution in [3.63, 3.8) is 0 Å². The molecule has 0 bridgehead atoms. The zero-order valence-electron chi connectivity index (χ0n) is 9.23. The van der Waals surface area contributed by atoms with Crippen molar-refractivity contribution in [2.45, 2.75) is 19.3 Å². The van der Waals surface area contributed by atoms with Gasteiger partial charge in [0.05, 0.1) is 13.2 Å². The van der Waals surface area contributed by atoms with Crippen LogP contribution in [-0.2, 0) is 11.2 Å². The first-order chi connectivity index (χ1) is 7.63. The van der Waals surface area contributed by atoms with E-state index in [1.165, 1.54) is 0 Å². The van der Waals surface area contributed by atoms with E-state index in [0.29, 0.717) is 11.3 Å². The summed E-state index contributed by atoms with van der Waals surface area (Å²) in [6, 6.07) is 6.78. The number of carboxylic acids is 1. The molecule has 0 heterocycles. The summed E-state index contributed by atoms with van der Waals surface area (Å²) in [6.45, 7) is 1.95. The first-order valence-corrected chi connectivity index (χ1v) is 4.93. The normalized spacial score (nSPS) is 11.6. The van der Waals surface area contributed by atoms with E-state index in [1.807, 2.05) is 6.92 Å². The summed E-state index contributed by atoms with van der Waals surface area (Å²) in [6.07, 6.45) is 0.731. The van der Waals surface area contributed by atoms with Crippen LogP contribution < -0.4 is 4.74 Å². The predicted octanol–water partition coefficient (Wildman–Crippen LogP) is 1.95. The summed E-state index contributed by atoms with van der Waals surface area (Å²) in [5, 5.41) is 17.6. The molecule has 1 unspecified atom stereocenters. The molecular formula is C12H13NO3. The topological polar surface area (TPSA) is 70.3 Å². The molecule has 16 heavy (non-hydrogen) atoms. The first-order valence-electron chi connectivity index (χ1n) is 4.93. The molecule has 4 nitrogen and oxygen atoms in total. The maximum atomic E-state index is 10.8. The van der Waals surface area contributed by atoms with Crippen molar-refractivity contribution in [2.24, 2.45) is 0 Å². The Bertz CT molecular complexity index is 434. The molecule has 0 aliphatic carbocycles. The molecule has 0 saturated heterocycles. The minimum Gasteiger partial charge on any atom is -0.496 e. The van der Waals surface area contributed by atoms with Gasteiger partial charge in [-0.2, -0.15) is 5.26 Å². The maximum Gasteiger partial charge on any atom is 0.325 e. The molecule has 4 heteroatoms. The number of nitriles is 1. The maximum absolute atomic E-state index is 10.8. The van der Waals surface area contributed by atoms with Crippen molar-refractivity contribution in [2.75, 3.05) is 7.11 Å². The zero-order valence-corrected chi connectivity index (χ0v) is 9.23. The molecule has 84 valence electrons. The van der Waals surface area contributed by atoms with Crippen LogP contribution in [0.4, 0.5) is 0 Å². The Morgan fingerprint density at radius 2 is 2.31 bits per heavy atom. The smallest absolute Gasteiger partial charge is 0.325 e. The molecule has 0 amide bonds. The van der Waals surface area contributed by atoms with E-state index in [9.17, 15) is 4.79 Å². The largest absolute Gasteiger partial charge is 0.496 e. The molecule has 0 radical (unpaired) electrons. The molecule has 1 atom stereocenters. The van der Waals surface area contributed by atoms with E-state index in [-0.39, 0.29) is 0 Å². The van der Waals surface area contributed by atoms with Crippen molar-refractivity contribution in [1.82, 2.24) is 0 Å². The average molecular weight is 219 g/mol. The van der Waals surface area contributed by atoms with Crippen LogP contribution in [0, 0.1) is 11.3 Å². The van der Waals surface area contributed by atoms with Gasteiger partial charge in [0.1, 0.15) is 5.75 Å². The SMILES string of the molecule is CCc1cc(C(C#N)C(=O)O)ccc1OC. The Morgan fingerprint density at radius 1 is 1.62 bits per heavy atom. The van der Waals surface area contributed by atoms with Crippen LogP contribution in [-0.4, -0.2) is 18.2 Å². The van der Waals surface area contributed by atoms with Crippen molar-refractivity contribution < 1.29 is 14.6 Å². The van der Waals surface area contributed by atoms with Gasteiger partial charge in [-0.25, -0.2) is 0 Å². The van der Waals surface area contributed by atoms with Crippen LogP contribution in [0.5, 0.6) is 5.75 Å². The highest BCUT2D eigenvalue weighted by atomic mass is 16.5. The third-order valence-corrected chi connectivity index (χ3v) is 2.39. The van der Waals surface area contributed by atoms with Gasteiger partial charge >= 0.3 is 5.97 Å². The van der Waals surface area contributed by atoms with Crippen LogP contribution in [0.15, 0.2) is 18.2 Å². The quantitative estimate of drug-likeness (QED) is 0.840. The third kappa shape index (κ3) is 2.31. The van der Waals surface area contributed by atoms with Gasteiger partial charge in [-0.05, 0) is 23.6 Å². The number of carbonyl (C=O) groups is 1. The summed E-state index contributed by atoms with van der Waals surface area (Å²) in [5.74, 6) is -1.53. The summed E-state index contributed by atoms with van der Waals surface area (Å²) >= 11 is 0. The van der Waals surface area contributed by atoms with Crippen LogP contribution in [0.1, 0.15) is 24.0 Å². The third-order valence-electron chi connectivity index (χ3n) is 2.39. The number of aliphatic carboxylic acids is 1. The Hall–Kier alpha value is -2.02. The standard InChI is InChI=1S/C12H13NO3/c1-3-8-6-9(4-5-11(8)16-2)10(7-13)12(14)15/h4-6,10H,3H2,1-2H3,(H,14,15). The van der Waals surface area contributed by atoms with Crippen LogP contribution >= 0.6 is 0 Å². The summed E-state index contributed by atoms with van der Waals surface area (Å²) in [4.78, 5) is 10.8. The van der Waals surface area contributed by atoms with E-state index in [0.717, 1.165) is 12.0 Å². The van der Waals surface area contributed by atoms with Crippen LogP contribution in [0.25, 0.3) is 0 Å². The monoisotopic (exact) mass is 219 g/mol. The fourth-order valence-electron chi connectivity index (χ4n) is 1.53. The fourth-order valence-corrected chi connectivity index (χ4v) is 1.53. The number of methoxy groups -OCH3 is 1. The van der Waals surface area contributed by atoms with Gasteiger partial charge in [0.15, 0.2) is 5.92 Å². The first kappa shape index (κ1) is 12.1. The average Bonchev–Trinajstić information content (AvgIpc) is 2.29. The second-order valence-corrected chi connectivity index (χ2v) is 3.33. The predicted molar refractivity (Wildman–Crippen MR) is 58.4 cm³/mol. The number of benzene rings is 1. The number of ether oxygens (including phenoxy) is 1. The van der Waals surface area contributed by atoms with Crippen molar-refractivity contribution in [3.05, 3.63) is 29.3 Å². The van der Waals surface area contributed by atoms with E-state index < -0.39 is 11.9 Å². The number of rotatable bonds is 4. The minimum atomic E-state index is -1.13. The minimum absolute atomic E-state index is 0.493. The summed E-state index contributed by atoms with van der Waals surface area (Å²) < 4.78 is 5.13. The number of hydrogen-bond donors (Lipinski definition) is 1. The van der Waals surface area contributed by atoms with Crippen LogP contribution in [0.3, 0.4) is 0 Å². The van der Waals surface area contributed by atoms with Crippen molar-refractivity contribution in [3.8, 4) is 11.8 Å². The van der Waals surface area contributed by atoms with Gasteiger partial charge in [-0.1, -0.05) is 19.1 Å². The highest BCUT2D eigenvalue weighted by molar-refractivity contribution is 5.79. The Morgan fingerprint density at radius 3 is 2.75 bits per heavy atom. The van der Waals surface area contributed by atoms with Crippen LogP contribution in [0.2, 0.25) is 0 Å². The molecule has 0 aliphatic heterocycles. The lowest BCUT2D eigenvalue weighted by Crippen LogP contribution is -2.09. The van der Waals surface area contributed by atoms with E-state index in [1.54, 1.807) is 31.4 Å². The second-order valence-electron chi connectivity index (χ2n) is 3.33. The number of nitrogens with zero attached hydrogens (tertiary/aromatic N) is 1. The Balaban J connectivity index is 3.17. The molecule has 0 spiro atoms. The lowest BCUT2D eigenvalue weighted by Gasteiger charge is -2.10. The fraction of sp³-hybridized carbons (Fsp3) is 0.333. The molecule has 0 fully saturated rings. The molecule has 0 aromatic heterocycles.